The minimum Gasteiger partial charge on any atom is -0.355 e. The number of nitrogens with zero attached hydrogens (tertiary/aromatic N) is 2. The Labute approximate surface area is 112 Å². The lowest BCUT2D eigenvalue weighted by Crippen LogP contribution is -2.17. The first-order valence-corrected chi connectivity index (χ1v) is 7.06. The van der Waals surface area contributed by atoms with Crippen molar-refractivity contribution < 1.29 is 0 Å². The molecule has 0 saturated carbocycles. The summed E-state index contributed by atoms with van der Waals surface area (Å²) in [6.07, 6.45) is 1.95. The zero-order valence-electron chi connectivity index (χ0n) is 10.9. The van der Waals surface area contributed by atoms with Crippen LogP contribution in [0.2, 0.25) is 0 Å². The van der Waals surface area contributed by atoms with E-state index in [-0.39, 0.29) is 0 Å². The van der Waals surface area contributed by atoms with Gasteiger partial charge in [-0.25, -0.2) is 4.98 Å². The number of nitrogens with one attached hydrogen (secondary N) is 1. The molecule has 2 heterocycles. The van der Waals surface area contributed by atoms with Crippen molar-refractivity contribution in [3.05, 3.63) is 46.3 Å². The van der Waals surface area contributed by atoms with Gasteiger partial charge in [-0.2, -0.15) is 0 Å². The maximum Gasteiger partial charge on any atom is 0.128 e. The fraction of sp³-hybridized carbons (Fsp3) is 0.357. The third kappa shape index (κ3) is 3.55. The smallest absolute Gasteiger partial charge is 0.128 e. The van der Waals surface area contributed by atoms with Crippen molar-refractivity contribution >= 4 is 17.2 Å². The molecule has 0 aliphatic heterocycles. The maximum absolute atomic E-state index is 4.50. The van der Waals surface area contributed by atoms with Gasteiger partial charge in [0.05, 0.1) is 6.54 Å². The second-order valence-electron chi connectivity index (χ2n) is 4.24. The van der Waals surface area contributed by atoms with Crippen LogP contribution in [0.25, 0.3) is 0 Å². The number of anilines is 1. The molecule has 1 N–H and O–H groups in total. The SMILES string of the molecule is CCNCc1ccc(N(C)Cc2cccs2)nc1. The first-order chi connectivity index (χ1) is 8.79. The highest BCUT2D eigenvalue weighted by Crippen LogP contribution is 2.16. The largest absolute Gasteiger partial charge is 0.355 e. The van der Waals surface area contributed by atoms with Gasteiger partial charge in [-0.1, -0.05) is 19.1 Å². The van der Waals surface area contributed by atoms with Crippen LogP contribution in [0.5, 0.6) is 0 Å². The molecule has 96 valence electrons. The third-order valence-electron chi connectivity index (χ3n) is 2.75. The summed E-state index contributed by atoms with van der Waals surface area (Å²) < 4.78 is 0. The average Bonchev–Trinajstić information content (AvgIpc) is 2.89. The van der Waals surface area contributed by atoms with Gasteiger partial charge in [0.25, 0.3) is 0 Å². The fourth-order valence-electron chi connectivity index (χ4n) is 1.73. The quantitative estimate of drug-likeness (QED) is 0.866. The van der Waals surface area contributed by atoms with Crippen molar-refractivity contribution in [2.45, 2.75) is 20.0 Å². The van der Waals surface area contributed by atoms with Crippen molar-refractivity contribution in [2.24, 2.45) is 0 Å². The molecular weight excluding hydrogens is 242 g/mol. The minimum absolute atomic E-state index is 0.887. The Morgan fingerprint density at radius 2 is 2.22 bits per heavy atom. The molecule has 2 aromatic rings. The number of thiophene rings is 1. The molecule has 0 atom stereocenters. The monoisotopic (exact) mass is 261 g/mol. The molecule has 0 aliphatic carbocycles. The molecule has 3 nitrogen and oxygen atoms in total. The summed E-state index contributed by atoms with van der Waals surface area (Å²) in [6.45, 7) is 4.90. The Morgan fingerprint density at radius 1 is 1.33 bits per heavy atom. The predicted molar refractivity (Wildman–Crippen MR) is 78.0 cm³/mol. The molecule has 0 aliphatic rings. The van der Waals surface area contributed by atoms with Gasteiger partial charge in [-0.3, -0.25) is 0 Å². The van der Waals surface area contributed by atoms with Crippen molar-refractivity contribution in [2.75, 3.05) is 18.5 Å². The van der Waals surface area contributed by atoms with E-state index in [1.54, 1.807) is 11.3 Å². The van der Waals surface area contributed by atoms with Crippen molar-refractivity contribution in [1.29, 1.82) is 0 Å². The molecule has 0 fully saturated rings. The number of hydrogen-bond donors (Lipinski definition) is 1. The lowest BCUT2D eigenvalue weighted by Gasteiger charge is -2.17. The summed E-state index contributed by atoms with van der Waals surface area (Å²) in [5.41, 5.74) is 1.23. The Balaban J connectivity index is 1.96. The Kier molecular flexibility index (Phi) is 4.73. The van der Waals surface area contributed by atoms with Crippen LogP contribution < -0.4 is 10.2 Å². The molecule has 2 aromatic heterocycles. The molecule has 0 aromatic carbocycles. The predicted octanol–water partition coefficient (Wildman–Crippen LogP) is 2.89. The molecule has 0 amide bonds. The molecule has 0 bridgehead atoms. The van der Waals surface area contributed by atoms with Crippen molar-refractivity contribution in [1.82, 2.24) is 10.3 Å². The van der Waals surface area contributed by atoms with Crippen molar-refractivity contribution in [3.8, 4) is 0 Å². The summed E-state index contributed by atoms with van der Waals surface area (Å²) in [4.78, 5) is 8.03. The molecule has 0 unspecified atom stereocenters. The highest BCUT2D eigenvalue weighted by molar-refractivity contribution is 7.09. The van der Waals surface area contributed by atoms with Gasteiger partial charge in [-0.05, 0) is 29.6 Å². The molecule has 0 saturated heterocycles. The van der Waals surface area contributed by atoms with E-state index in [2.05, 4.69) is 58.8 Å². The van der Waals surface area contributed by atoms with E-state index in [0.717, 1.165) is 25.5 Å². The zero-order valence-corrected chi connectivity index (χ0v) is 11.7. The van der Waals surface area contributed by atoms with Crippen LogP contribution in [0.4, 0.5) is 5.82 Å². The topological polar surface area (TPSA) is 28.2 Å². The molecule has 2 rings (SSSR count). The highest BCUT2D eigenvalue weighted by atomic mass is 32.1. The Morgan fingerprint density at radius 3 is 2.83 bits per heavy atom. The summed E-state index contributed by atoms with van der Waals surface area (Å²) in [6, 6.07) is 8.46. The third-order valence-corrected chi connectivity index (χ3v) is 3.61. The lowest BCUT2D eigenvalue weighted by molar-refractivity contribution is 0.724. The zero-order chi connectivity index (χ0) is 12.8. The summed E-state index contributed by atoms with van der Waals surface area (Å²) in [7, 11) is 2.08. The standard InChI is InChI=1S/C14H19N3S/c1-3-15-9-12-6-7-14(16-10-12)17(2)11-13-5-4-8-18-13/h4-8,10,15H,3,9,11H2,1-2H3. The van der Waals surface area contributed by atoms with E-state index in [9.17, 15) is 0 Å². The molecule has 4 heteroatoms. The summed E-state index contributed by atoms with van der Waals surface area (Å²) in [5.74, 6) is 1.02. The van der Waals surface area contributed by atoms with E-state index in [0.29, 0.717) is 0 Å². The van der Waals surface area contributed by atoms with Crippen molar-refractivity contribution in [3.63, 3.8) is 0 Å². The van der Waals surface area contributed by atoms with E-state index in [1.807, 2.05) is 6.20 Å². The van der Waals surface area contributed by atoms with Gasteiger partial charge in [0.1, 0.15) is 5.82 Å². The number of rotatable bonds is 6. The second kappa shape index (κ2) is 6.52. The van der Waals surface area contributed by atoms with E-state index >= 15 is 0 Å². The Hall–Kier alpha value is -1.39. The van der Waals surface area contributed by atoms with E-state index in [1.165, 1.54) is 10.4 Å². The second-order valence-corrected chi connectivity index (χ2v) is 5.27. The van der Waals surface area contributed by atoms with E-state index in [4.69, 9.17) is 0 Å². The lowest BCUT2D eigenvalue weighted by atomic mass is 10.2. The van der Waals surface area contributed by atoms with Crippen LogP contribution in [0.15, 0.2) is 35.8 Å². The summed E-state index contributed by atoms with van der Waals surface area (Å²) in [5, 5.41) is 5.40. The van der Waals surface area contributed by atoms with Crippen LogP contribution in [0.3, 0.4) is 0 Å². The average molecular weight is 261 g/mol. The van der Waals surface area contributed by atoms with Gasteiger partial charge in [-0.15, -0.1) is 11.3 Å². The van der Waals surface area contributed by atoms with Gasteiger partial charge in [0, 0.05) is 24.7 Å². The number of hydrogen-bond acceptors (Lipinski definition) is 4. The van der Waals surface area contributed by atoms with Crippen LogP contribution in [0.1, 0.15) is 17.4 Å². The number of pyridine rings is 1. The van der Waals surface area contributed by atoms with Gasteiger partial charge < -0.3 is 10.2 Å². The summed E-state index contributed by atoms with van der Waals surface area (Å²) >= 11 is 1.78. The molecule has 0 spiro atoms. The molecule has 0 radical (unpaired) electrons. The van der Waals surface area contributed by atoms with Gasteiger partial charge in [0.15, 0.2) is 0 Å². The maximum atomic E-state index is 4.50. The van der Waals surface area contributed by atoms with Crippen LogP contribution in [-0.4, -0.2) is 18.6 Å². The first kappa shape index (κ1) is 13.1. The minimum atomic E-state index is 0.887. The van der Waals surface area contributed by atoms with Crippen LogP contribution >= 0.6 is 11.3 Å². The Bertz CT molecular complexity index is 450. The van der Waals surface area contributed by atoms with Crippen LogP contribution in [0, 0.1) is 0 Å². The van der Waals surface area contributed by atoms with Gasteiger partial charge in [0.2, 0.25) is 0 Å². The number of aromatic nitrogens is 1. The highest BCUT2D eigenvalue weighted by Gasteiger charge is 2.04. The normalized spacial score (nSPS) is 10.6. The first-order valence-electron chi connectivity index (χ1n) is 6.18. The molecule has 18 heavy (non-hydrogen) atoms. The van der Waals surface area contributed by atoms with Gasteiger partial charge >= 0.3 is 0 Å². The molecular formula is C14H19N3S. The van der Waals surface area contributed by atoms with Crippen LogP contribution in [-0.2, 0) is 13.1 Å². The van der Waals surface area contributed by atoms with E-state index < -0.39 is 0 Å². The fourth-order valence-corrected chi connectivity index (χ4v) is 2.49.